The SMILES string of the molecule is CC1PC(C)(CSc2ccc(C(=O)c3ccc(N(C)c4ccc(Cl)cc4)cc3)cc2C=O)C1C. The van der Waals surface area contributed by atoms with Crippen LogP contribution in [0.4, 0.5) is 11.4 Å². The van der Waals surface area contributed by atoms with E-state index in [1.807, 2.05) is 72.6 Å². The highest BCUT2D eigenvalue weighted by Crippen LogP contribution is 2.58. The van der Waals surface area contributed by atoms with Crippen LogP contribution in [-0.4, -0.2) is 35.7 Å². The molecule has 0 saturated carbocycles. The number of thioether (sulfide) groups is 1. The Balaban J connectivity index is 1.47. The van der Waals surface area contributed by atoms with E-state index in [-0.39, 0.29) is 5.78 Å². The van der Waals surface area contributed by atoms with Gasteiger partial charge in [0.2, 0.25) is 0 Å². The molecule has 4 rings (SSSR count). The minimum atomic E-state index is -0.0878. The van der Waals surface area contributed by atoms with Crippen molar-refractivity contribution in [1.82, 2.24) is 0 Å². The maximum Gasteiger partial charge on any atom is 0.193 e. The largest absolute Gasteiger partial charge is 0.345 e. The molecule has 3 aromatic carbocycles. The molecule has 4 unspecified atom stereocenters. The standard InChI is InChI=1S/C28H29ClNO2PS/c1-18-19(2)33-28(18,3)17-34-26-14-7-21(15-22(26)16-31)27(32)20-5-10-24(11-6-20)30(4)25-12-8-23(29)9-13-25/h5-16,18-19,33H,17H2,1-4H3. The summed E-state index contributed by atoms with van der Waals surface area (Å²) in [5.74, 6) is 1.60. The van der Waals surface area contributed by atoms with Crippen molar-refractivity contribution in [1.29, 1.82) is 0 Å². The maximum absolute atomic E-state index is 13.1. The molecule has 34 heavy (non-hydrogen) atoms. The van der Waals surface area contributed by atoms with Gasteiger partial charge in [-0.2, -0.15) is 0 Å². The first kappa shape index (κ1) is 25.0. The third-order valence-electron chi connectivity index (χ3n) is 6.97. The third-order valence-corrected chi connectivity index (χ3v) is 11.2. The van der Waals surface area contributed by atoms with Crippen molar-refractivity contribution in [3.63, 3.8) is 0 Å². The number of benzene rings is 3. The van der Waals surface area contributed by atoms with Crippen molar-refractivity contribution < 1.29 is 9.59 Å². The van der Waals surface area contributed by atoms with Crippen LogP contribution in [0.3, 0.4) is 0 Å². The Kier molecular flexibility index (Phi) is 7.52. The highest BCUT2D eigenvalue weighted by Gasteiger charge is 2.45. The van der Waals surface area contributed by atoms with Crippen LogP contribution in [0.25, 0.3) is 0 Å². The van der Waals surface area contributed by atoms with Gasteiger partial charge in [0.25, 0.3) is 0 Å². The van der Waals surface area contributed by atoms with E-state index in [0.717, 1.165) is 42.5 Å². The number of rotatable bonds is 8. The smallest absolute Gasteiger partial charge is 0.193 e. The van der Waals surface area contributed by atoms with Crippen molar-refractivity contribution in [3.8, 4) is 0 Å². The first-order valence-electron chi connectivity index (χ1n) is 11.4. The fourth-order valence-corrected chi connectivity index (χ4v) is 8.09. The molecule has 0 spiro atoms. The summed E-state index contributed by atoms with van der Waals surface area (Å²) < 4.78 is 0. The second-order valence-corrected chi connectivity index (χ2v) is 13.0. The average molecular weight is 510 g/mol. The van der Waals surface area contributed by atoms with Crippen LogP contribution in [0.5, 0.6) is 0 Å². The summed E-state index contributed by atoms with van der Waals surface area (Å²) in [6.07, 6.45) is 0.862. The lowest BCUT2D eigenvalue weighted by Crippen LogP contribution is -2.46. The first-order valence-corrected chi connectivity index (χ1v) is 13.8. The minimum absolute atomic E-state index is 0.0878. The molecule has 1 aliphatic heterocycles. The van der Waals surface area contributed by atoms with Gasteiger partial charge in [-0.25, -0.2) is 0 Å². The quantitative estimate of drug-likeness (QED) is 0.135. The number of anilines is 2. The van der Waals surface area contributed by atoms with E-state index in [0.29, 0.717) is 32.8 Å². The Hall–Kier alpha value is -2.13. The Morgan fingerprint density at radius 1 is 1.03 bits per heavy atom. The maximum atomic E-state index is 13.1. The molecule has 0 aromatic heterocycles. The Labute approximate surface area is 213 Å². The number of hydrogen-bond acceptors (Lipinski definition) is 4. The van der Waals surface area contributed by atoms with E-state index in [4.69, 9.17) is 11.6 Å². The zero-order valence-electron chi connectivity index (χ0n) is 19.8. The number of carbonyl (C=O) groups is 2. The summed E-state index contributed by atoms with van der Waals surface area (Å²) in [7, 11) is 2.93. The van der Waals surface area contributed by atoms with Gasteiger partial charge in [-0.3, -0.25) is 9.59 Å². The van der Waals surface area contributed by atoms with Gasteiger partial charge in [0.05, 0.1) is 0 Å². The Morgan fingerprint density at radius 2 is 1.62 bits per heavy atom. The molecule has 1 heterocycles. The number of carbonyl (C=O) groups excluding carboxylic acids is 2. The molecule has 0 radical (unpaired) electrons. The van der Waals surface area contributed by atoms with Gasteiger partial charge < -0.3 is 4.90 Å². The van der Waals surface area contributed by atoms with E-state index in [9.17, 15) is 9.59 Å². The minimum Gasteiger partial charge on any atom is -0.345 e. The zero-order valence-corrected chi connectivity index (χ0v) is 22.4. The highest BCUT2D eigenvalue weighted by atomic mass is 35.5. The van der Waals surface area contributed by atoms with E-state index in [1.54, 1.807) is 17.8 Å². The van der Waals surface area contributed by atoms with E-state index in [2.05, 4.69) is 20.8 Å². The number of ketones is 1. The van der Waals surface area contributed by atoms with Crippen LogP contribution in [0.1, 0.15) is 47.1 Å². The average Bonchev–Trinajstić information content (AvgIpc) is 2.87. The van der Waals surface area contributed by atoms with Gasteiger partial charge >= 0.3 is 0 Å². The van der Waals surface area contributed by atoms with Crippen LogP contribution in [0.15, 0.2) is 71.6 Å². The molecule has 3 nitrogen and oxygen atoms in total. The summed E-state index contributed by atoms with van der Waals surface area (Å²) in [5.41, 5.74) is 4.47. The van der Waals surface area contributed by atoms with E-state index < -0.39 is 0 Å². The van der Waals surface area contributed by atoms with Crippen molar-refractivity contribution >= 4 is 55.4 Å². The van der Waals surface area contributed by atoms with Gasteiger partial charge in [0, 0.05) is 50.8 Å². The fraction of sp³-hybridized carbons (Fsp3) is 0.286. The van der Waals surface area contributed by atoms with Gasteiger partial charge in [0.15, 0.2) is 12.1 Å². The molecular formula is C28H29ClNO2PS. The van der Waals surface area contributed by atoms with Crippen LogP contribution in [-0.2, 0) is 0 Å². The van der Waals surface area contributed by atoms with Gasteiger partial charge in [0.1, 0.15) is 0 Å². The lowest BCUT2D eigenvalue weighted by atomic mass is 9.92. The molecule has 1 fully saturated rings. The summed E-state index contributed by atoms with van der Waals surface area (Å²) in [6.45, 7) is 6.98. The molecule has 0 amide bonds. The number of halogens is 1. The number of hydrogen-bond donors (Lipinski definition) is 0. The monoisotopic (exact) mass is 509 g/mol. The van der Waals surface area contributed by atoms with Crippen LogP contribution < -0.4 is 4.90 Å². The molecule has 0 aliphatic carbocycles. The molecule has 1 aliphatic rings. The molecule has 0 N–H and O–H groups in total. The van der Waals surface area contributed by atoms with Crippen molar-refractivity contribution in [2.45, 2.75) is 36.5 Å². The summed E-state index contributed by atoms with van der Waals surface area (Å²) >= 11 is 7.72. The van der Waals surface area contributed by atoms with Crippen LogP contribution in [0, 0.1) is 5.92 Å². The lowest BCUT2D eigenvalue weighted by Gasteiger charge is -2.51. The molecule has 4 atom stereocenters. The summed E-state index contributed by atoms with van der Waals surface area (Å²) in [6, 6.07) is 20.6. The predicted molar refractivity (Wildman–Crippen MR) is 147 cm³/mol. The topological polar surface area (TPSA) is 37.4 Å². The third kappa shape index (κ3) is 5.10. The van der Waals surface area contributed by atoms with Crippen molar-refractivity contribution in [2.75, 3.05) is 17.7 Å². The molecule has 0 bridgehead atoms. The van der Waals surface area contributed by atoms with Gasteiger partial charge in [-0.15, -0.1) is 20.3 Å². The second-order valence-electron chi connectivity index (χ2n) is 9.21. The Bertz CT molecular complexity index is 1200. The molecule has 3 aromatic rings. The second kappa shape index (κ2) is 10.2. The summed E-state index contributed by atoms with van der Waals surface area (Å²) in [5, 5.41) is 1.03. The van der Waals surface area contributed by atoms with Crippen LogP contribution >= 0.6 is 31.9 Å². The number of aldehydes is 1. The van der Waals surface area contributed by atoms with Gasteiger partial charge in [-0.05, 0) is 83.5 Å². The molecule has 6 heteroatoms. The lowest BCUT2D eigenvalue weighted by molar-refractivity contribution is 0.103. The van der Waals surface area contributed by atoms with E-state index >= 15 is 0 Å². The first-order chi connectivity index (χ1) is 16.2. The summed E-state index contributed by atoms with van der Waals surface area (Å²) in [4.78, 5) is 27.9. The molecule has 176 valence electrons. The predicted octanol–water partition coefficient (Wildman–Crippen LogP) is 7.72. The van der Waals surface area contributed by atoms with E-state index in [1.165, 1.54) is 0 Å². The van der Waals surface area contributed by atoms with Crippen LogP contribution in [0.2, 0.25) is 5.02 Å². The molecule has 1 saturated heterocycles. The Morgan fingerprint density at radius 3 is 2.18 bits per heavy atom. The van der Waals surface area contributed by atoms with Crippen molar-refractivity contribution in [2.24, 2.45) is 5.92 Å². The highest BCUT2D eigenvalue weighted by molar-refractivity contribution is 7.99. The number of nitrogens with zero attached hydrogens (tertiary/aromatic N) is 1. The van der Waals surface area contributed by atoms with Gasteiger partial charge in [-0.1, -0.05) is 32.4 Å². The fourth-order valence-electron chi connectivity index (χ4n) is 4.36. The zero-order chi connectivity index (χ0) is 24.5. The normalized spacial score (nSPS) is 22.3. The molecular weight excluding hydrogens is 481 g/mol. The van der Waals surface area contributed by atoms with Crippen molar-refractivity contribution in [3.05, 3.63) is 88.4 Å².